The van der Waals surface area contributed by atoms with Crippen LogP contribution in [0.25, 0.3) is 11.1 Å². The van der Waals surface area contributed by atoms with E-state index in [0.717, 1.165) is 53.9 Å². The number of carbonyl (C=O) groups excluding carboxylic acids is 1. The molecule has 4 rings (SSSR count). The molecule has 1 saturated heterocycles. The second-order valence-electron chi connectivity index (χ2n) is 9.62. The minimum absolute atomic E-state index is 0.131. The Morgan fingerprint density at radius 1 is 1.08 bits per heavy atom. The molecule has 2 aromatic carbocycles. The van der Waals surface area contributed by atoms with Gasteiger partial charge in [0.15, 0.2) is 0 Å². The molecule has 6 heteroatoms. The first-order chi connectivity index (χ1) is 17.3. The number of nitrogens with zero attached hydrogens (tertiary/aromatic N) is 2. The Morgan fingerprint density at radius 2 is 1.81 bits per heavy atom. The van der Waals surface area contributed by atoms with E-state index in [1.165, 1.54) is 0 Å². The monoisotopic (exact) mass is 501 g/mol. The van der Waals surface area contributed by atoms with Crippen LogP contribution in [-0.4, -0.2) is 40.7 Å². The maximum atomic E-state index is 12.6. The molecule has 2 heterocycles. The van der Waals surface area contributed by atoms with Gasteiger partial charge in [-0.2, -0.15) is 0 Å². The van der Waals surface area contributed by atoms with Gasteiger partial charge in [-0.05, 0) is 87.1 Å². The van der Waals surface area contributed by atoms with E-state index in [4.69, 9.17) is 16.3 Å². The van der Waals surface area contributed by atoms with Gasteiger partial charge in [0.2, 0.25) is 0 Å². The highest BCUT2D eigenvalue weighted by Crippen LogP contribution is 2.23. The van der Waals surface area contributed by atoms with Crippen molar-refractivity contribution in [3.63, 3.8) is 0 Å². The maximum Gasteiger partial charge on any atom is 0.410 e. The lowest BCUT2D eigenvalue weighted by Gasteiger charge is -2.30. The highest BCUT2D eigenvalue weighted by atomic mass is 35.5. The highest BCUT2D eigenvalue weighted by Gasteiger charge is 2.32. The fraction of sp³-hybridized carbons (Fsp3) is 0.333. The first-order valence-electron chi connectivity index (χ1n) is 12.4. The molecule has 1 aliphatic heterocycles. The van der Waals surface area contributed by atoms with Crippen LogP contribution in [0.3, 0.4) is 0 Å². The summed E-state index contributed by atoms with van der Waals surface area (Å²) in [5.41, 5.74) is 4.28. The Hall–Kier alpha value is -3.49. The first kappa shape index (κ1) is 25.6. The van der Waals surface area contributed by atoms with Crippen molar-refractivity contribution in [2.24, 2.45) is 0 Å². The van der Waals surface area contributed by atoms with Crippen molar-refractivity contribution in [3.05, 3.63) is 83.1 Å². The predicted octanol–water partition coefficient (Wildman–Crippen LogP) is 7.00. The maximum absolute atomic E-state index is 12.6. The van der Waals surface area contributed by atoms with Crippen LogP contribution in [0.2, 0.25) is 5.02 Å². The number of nitrogens with one attached hydrogen (secondary N) is 1. The molecule has 1 atom stereocenters. The lowest BCUT2D eigenvalue weighted by Crippen LogP contribution is -2.43. The van der Waals surface area contributed by atoms with Crippen LogP contribution in [0, 0.1) is 11.8 Å². The molecular weight excluding hydrogens is 470 g/mol. The number of amides is 1. The van der Waals surface area contributed by atoms with Crippen LogP contribution >= 0.6 is 11.6 Å². The number of hydrogen-bond donors (Lipinski definition) is 1. The van der Waals surface area contributed by atoms with Gasteiger partial charge in [0.25, 0.3) is 0 Å². The average molecular weight is 502 g/mol. The third-order valence-electron chi connectivity index (χ3n) is 6.53. The highest BCUT2D eigenvalue weighted by molar-refractivity contribution is 6.30. The number of rotatable bonds is 6. The van der Waals surface area contributed by atoms with E-state index in [1.807, 2.05) is 92.5 Å². The number of ether oxygens (including phenoxy) is 1. The first-order valence-corrected chi connectivity index (χ1v) is 12.8. The van der Waals surface area contributed by atoms with E-state index < -0.39 is 5.60 Å². The van der Waals surface area contributed by atoms with Crippen molar-refractivity contribution >= 4 is 23.4 Å². The van der Waals surface area contributed by atoms with Gasteiger partial charge < -0.3 is 15.0 Å². The molecule has 0 aliphatic carbocycles. The van der Waals surface area contributed by atoms with Gasteiger partial charge in [0.1, 0.15) is 11.3 Å². The van der Waals surface area contributed by atoms with Crippen LogP contribution in [0.5, 0.6) is 0 Å². The molecule has 0 radical (unpaired) electrons. The number of hydrogen-bond acceptors (Lipinski definition) is 4. The summed E-state index contributed by atoms with van der Waals surface area (Å²) in [5.74, 6) is 6.30. The van der Waals surface area contributed by atoms with Crippen LogP contribution in [0.1, 0.15) is 51.3 Å². The Bertz CT molecular complexity index is 1230. The number of anilines is 1. The largest absolute Gasteiger partial charge is 0.443 e. The van der Waals surface area contributed by atoms with Crippen molar-refractivity contribution in [1.29, 1.82) is 0 Å². The van der Waals surface area contributed by atoms with Crippen molar-refractivity contribution in [2.45, 2.75) is 51.7 Å². The SMILES string of the molecule is CCC(C)(C)OC(=O)N1CCC[C@H]1CNc1ccc(C#Cc2ccc(-c3ccc(Cl)cc3)cn2)cc1. The second-order valence-corrected chi connectivity index (χ2v) is 10.1. The summed E-state index contributed by atoms with van der Waals surface area (Å²) in [6, 6.07) is 19.8. The van der Waals surface area contributed by atoms with E-state index in [9.17, 15) is 4.79 Å². The van der Waals surface area contributed by atoms with Gasteiger partial charge in [0.05, 0.1) is 6.04 Å². The fourth-order valence-corrected chi connectivity index (χ4v) is 4.11. The van der Waals surface area contributed by atoms with Crippen LogP contribution < -0.4 is 5.32 Å². The van der Waals surface area contributed by atoms with Crippen LogP contribution in [-0.2, 0) is 4.74 Å². The summed E-state index contributed by atoms with van der Waals surface area (Å²) in [4.78, 5) is 19.0. The Morgan fingerprint density at radius 3 is 2.47 bits per heavy atom. The number of likely N-dealkylation sites (tertiary alicyclic amines) is 1. The quantitative estimate of drug-likeness (QED) is 0.369. The van der Waals surface area contributed by atoms with Gasteiger partial charge in [-0.25, -0.2) is 9.78 Å². The molecule has 1 amide bonds. The third kappa shape index (κ3) is 6.80. The molecule has 3 aromatic rings. The van der Waals surface area contributed by atoms with E-state index in [-0.39, 0.29) is 12.1 Å². The number of benzene rings is 2. The Balaban J connectivity index is 1.31. The van der Waals surface area contributed by atoms with E-state index >= 15 is 0 Å². The molecule has 1 fully saturated rings. The van der Waals surface area contributed by atoms with Gasteiger partial charge in [-0.15, -0.1) is 0 Å². The summed E-state index contributed by atoms with van der Waals surface area (Å²) in [6.07, 6.45) is 4.37. The average Bonchev–Trinajstić information content (AvgIpc) is 3.36. The lowest BCUT2D eigenvalue weighted by molar-refractivity contribution is 0.0100. The number of halogens is 1. The molecule has 186 valence electrons. The third-order valence-corrected chi connectivity index (χ3v) is 6.78. The van der Waals surface area contributed by atoms with Crippen LogP contribution in [0.4, 0.5) is 10.5 Å². The molecule has 1 aliphatic rings. The second kappa shape index (κ2) is 11.5. The number of aromatic nitrogens is 1. The molecular formula is C30H32ClN3O2. The van der Waals surface area contributed by atoms with Crippen molar-refractivity contribution in [2.75, 3.05) is 18.4 Å². The summed E-state index contributed by atoms with van der Waals surface area (Å²) in [6.45, 7) is 7.36. The van der Waals surface area contributed by atoms with E-state index in [0.29, 0.717) is 11.6 Å². The molecule has 1 N–H and O–H groups in total. The predicted molar refractivity (Wildman–Crippen MR) is 146 cm³/mol. The minimum Gasteiger partial charge on any atom is -0.443 e. The number of carbonyl (C=O) groups is 1. The zero-order chi connectivity index (χ0) is 25.5. The topological polar surface area (TPSA) is 54.5 Å². The zero-order valence-corrected chi connectivity index (χ0v) is 21.8. The smallest absolute Gasteiger partial charge is 0.410 e. The fourth-order valence-electron chi connectivity index (χ4n) is 3.98. The molecule has 36 heavy (non-hydrogen) atoms. The van der Waals surface area contributed by atoms with Gasteiger partial charge in [0, 0.05) is 41.1 Å². The van der Waals surface area contributed by atoms with Crippen molar-refractivity contribution in [3.8, 4) is 23.0 Å². The standard InChI is InChI=1S/C30H32ClN3O2/c1-4-30(2,3)36-29(35)34-19-5-6-28(34)21-33-26-15-7-22(8-16-26)9-17-27-18-12-24(20-32-27)23-10-13-25(31)14-11-23/h7-8,10-16,18,20,28,33H,4-6,19,21H2,1-3H3/t28-/m0/s1. The Kier molecular flexibility index (Phi) is 8.18. The summed E-state index contributed by atoms with van der Waals surface area (Å²) in [5, 5.41) is 4.17. The van der Waals surface area contributed by atoms with Crippen molar-refractivity contribution < 1.29 is 9.53 Å². The van der Waals surface area contributed by atoms with Crippen LogP contribution in [0.15, 0.2) is 66.9 Å². The Labute approximate surface area is 218 Å². The minimum atomic E-state index is -0.442. The van der Waals surface area contributed by atoms with Gasteiger partial charge in [-0.3, -0.25) is 0 Å². The van der Waals surface area contributed by atoms with Crippen molar-refractivity contribution in [1.82, 2.24) is 9.88 Å². The molecule has 0 saturated carbocycles. The molecule has 5 nitrogen and oxygen atoms in total. The molecule has 0 spiro atoms. The zero-order valence-electron chi connectivity index (χ0n) is 21.1. The molecule has 0 bridgehead atoms. The summed E-state index contributed by atoms with van der Waals surface area (Å²) >= 11 is 5.96. The summed E-state index contributed by atoms with van der Waals surface area (Å²) in [7, 11) is 0. The van der Waals surface area contributed by atoms with Gasteiger partial charge in [-0.1, -0.05) is 42.6 Å². The van der Waals surface area contributed by atoms with E-state index in [2.05, 4.69) is 22.1 Å². The molecule has 0 unspecified atom stereocenters. The van der Waals surface area contributed by atoms with E-state index in [1.54, 1.807) is 0 Å². The normalized spacial score (nSPS) is 15.2. The molecule has 1 aromatic heterocycles. The van der Waals surface area contributed by atoms with Gasteiger partial charge >= 0.3 is 6.09 Å². The number of pyridine rings is 1. The summed E-state index contributed by atoms with van der Waals surface area (Å²) < 4.78 is 5.70. The lowest BCUT2D eigenvalue weighted by atomic mass is 10.1.